The Balaban J connectivity index is 1.88. The van der Waals surface area contributed by atoms with Gasteiger partial charge >= 0.3 is 0 Å². The van der Waals surface area contributed by atoms with Crippen LogP contribution in [0.4, 0.5) is 5.13 Å². The molecule has 0 fully saturated rings. The molecule has 20 heavy (non-hydrogen) atoms. The van der Waals surface area contributed by atoms with Crippen LogP contribution in [0.1, 0.15) is 10.4 Å². The van der Waals surface area contributed by atoms with Crippen LogP contribution in [0, 0.1) is 0 Å². The van der Waals surface area contributed by atoms with Gasteiger partial charge in [-0.1, -0.05) is 23.2 Å². The van der Waals surface area contributed by atoms with Crippen molar-refractivity contribution in [2.24, 2.45) is 0 Å². The molecule has 0 aliphatic rings. The standard InChI is InChI=1S/C12H9Cl2N3O2S/c13-8-2-1-7(5-9(8)14)11(19)16-6-10(18)17-12-15-3-4-20-12/h1-5H,6H2,(H,16,19)(H,15,17,18). The number of hydrogen-bond acceptors (Lipinski definition) is 4. The zero-order valence-electron chi connectivity index (χ0n) is 10.0. The topological polar surface area (TPSA) is 71.1 Å². The molecule has 2 rings (SSSR count). The van der Waals surface area contributed by atoms with Crippen LogP contribution in [0.5, 0.6) is 0 Å². The van der Waals surface area contributed by atoms with Crippen molar-refractivity contribution in [2.45, 2.75) is 0 Å². The number of amides is 2. The van der Waals surface area contributed by atoms with Gasteiger partial charge < -0.3 is 10.6 Å². The fourth-order valence-corrected chi connectivity index (χ4v) is 2.19. The quantitative estimate of drug-likeness (QED) is 0.905. The predicted molar refractivity (Wildman–Crippen MR) is 79.5 cm³/mol. The Bertz CT molecular complexity index is 632. The Morgan fingerprint density at radius 3 is 2.70 bits per heavy atom. The van der Waals surface area contributed by atoms with Gasteiger partial charge in [-0.2, -0.15) is 0 Å². The van der Waals surface area contributed by atoms with Crippen molar-refractivity contribution in [3.63, 3.8) is 0 Å². The van der Waals surface area contributed by atoms with Crippen molar-refractivity contribution < 1.29 is 9.59 Å². The number of hydrogen-bond donors (Lipinski definition) is 2. The SMILES string of the molecule is O=C(CNC(=O)c1ccc(Cl)c(Cl)c1)Nc1nccs1. The van der Waals surface area contributed by atoms with Crippen LogP contribution in [0.3, 0.4) is 0 Å². The molecule has 1 aromatic carbocycles. The van der Waals surface area contributed by atoms with E-state index < -0.39 is 5.91 Å². The summed E-state index contributed by atoms with van der Waals surface area (Å²) < 4.78 is 0. The predicted octanol–water partition coefficient (Wildman–Crippen LogP) is 2.82. The summed E-state index contributed by atoms with van der Waals surface area (Å²) in [5.74, 6) is -0.758. The van der Waals surface area contributed by atoms with Crippen molar-refractivity contribution in [1.82, 2.24) is 10.3 Å². The number of benzene rings is 1. The molecule has 8 heteroatoms. The summed E-state index contributed by atoms with van der Waals surface area (Å²) in [7, 11) is 0. The van der Waals surface area contributed by atoms with E-state index in [0.29, 0.717) is 15.7 Å². The Hall–Kier alpha value is -1.63. The van der Waals surface area contributed by atoms with Gasteiger partial charge in [0.1, 0.15) is 0 Å². The van der Waals surface area contributed by atoms with Gasteiger partial charge in [-0.05, 0) is 18.2 Å². The van der Waals surface area contributed by atoms with Gasteiger partial charge in [-0.15, -0.1) is 11.3 Å². The highest BCUT2D eigenvalue weighted by molar-refractivity contribution is 7.13. The van der Waals surface area contributed by atoms with Gasteiger partial charge in [0.2, 0.25) is 5.91 Å². The van der Waals surface area contributed by atoms with Crippen LogP contribution < -0.4 is 10.6 Å². The summed E-state index contributed by atoms with van der Waals surface area (Å²) in [5.41, 5.74) is 0.335. The van der Waals surface area contributed by atoms with Crippen molar-refractivity contribution >= 4 is 51.5 Å². The van der Waals surface area contributed by atoms with E-state index in [1.807, 2.05) is 0 Å². The Kier molecular flexibility index (Phi) is 4.94. The van der Waals surface area contributed by atoms with Crippen LogP contribution in [0.2, 0.25) is 10.0 Å². The van der Waals surface area contributed by atoms with Crippen molar-refractivity contribution in [3.05, 3.63) is 45.4 Å². The van der Waals surface area contributed by atoms with E-state index in [1.165, 1.54) is 29.5 Å². The van der Waals surface area contributed by atoms with Gasteiger partial charge in [0, 0.05) is 17.1 Å². The molecule has 5 nitrogen and oxygen atoms in total. The lowest BCUT2D eigenvalue weighted by molar-refractivity contribution is -0.115. The molecule has 0 unspecified atom stereocenters. The Morgan fingerprint density at radius 1 is 1.25 bits per heavy atom. The molecule has 0 aliphatic heterocycles. The molecular formula is C12H9Cl2N3O2S. The second-order valence-corrected chi connectivity index (χ2v) is 5.41. The number of rotatable bonds is 4. The van der Waals surface area contributed by atoms with E-state index in [9.17, 15) is 9.59 Å². The molecule has 0 bridgehead atoms. The zero-order valence-corrected chi connectivity index (χ0v) is 12.4. The molecule has 1 heterocycles. The van der Waals surface area contributed by atoms with E-state index in [4.69, 9.17) is 23.2 Å². The first kappa shape index (κ1) is 14.8. The van der Waals surface area contributed by atoms with Gasteiger partial charge in [-0.3, -0.25) is 9.59 Å². The molecule has 0 radical (unpaired) electrons. The van der Waals surface area contributed by atoms with Crippen LogP contribution in [-0.4, -0.2) is 23.3 Å². The maximum atomic E-state index is 11.8. The molecule has 0 spiro atoms. The molecule has 104 valence electrons. The zero-order chi connectivity index (χ0) is 14.5. The minimum Gasteiger partial charge on any atom is -0.343 e. The molecule has 2 amide bonds. The highest BCUT2D eigenvalue weighted by Crippen LogP contribution is 2.22. The smallest absolute Gasteiger partial charge is 0.251 e. The number of carbonyl (C=O) groups is 2. The first-order valence-electron chi connectivity index (χ1n) is 5.49. The van der Waals surface area contributed by atoms with Gasteiger partial charge in [0.15, 0.2) is 5.13 Å². The van der Waals surface area contributed by atoms with Gasteiger partial charge in [0.25, 0.3) is 5.91 Å². The lowest BCUT2D eigenvalue weighted by atomic mass is 10.2. The van der Waals surface area contributed by atoms with Crippen LogP contribution >= 0.6 is 34.5 Å². The number of thiazole rings is 1. The highest BCUT2D eigenvalue weighted by atomic mass is 35.5. The summed E-state index contributed by atoms with van der Waals surface area (Å²) in [6.07, 6.45) is 1.58. The van der Waals surface area contributed by atoms with Crippen LogP contribution in [0.25, 0.3) is 0 Å². The van der Waals surface area contributed by atoms with E-state index in [-0.39, 0.29) is 17.5 Å². The molecular weight excluding hydrogens is 321 g/mol. The van der Waals surface area contributed by atoms with Gasteiger partial charge in [0.05, 0.1) is 16.6 Å². The number of nitrogens with one attached hydrogen (secondary N) is 2. The largest absolute Gasteiger partial charge is 0.343 e. The van der Waals surface area contributed by atoms with E-state index in [2.05, 4.69) is 15.6 Å². The number of aromatic nitrogens is 1. The minimum absolute atomic E-state index is 0.154. The van der Waals surface area contributed by atoms with Crippen molar-refractivity contribution in [1.29, 1.82) is 0 Å². The first-order valence-corrected chi connectivity index (χ1v) is 7.12. The fraction of sp³-hybridized carbons (Fsp3) is 0.0833. The van der Waals surface area contributed by atoms with Crippen LogP contribution in [-0.2, 0) is 4.79 Å². The Labute approximate surface area is 128 Å². The second-order valence-electron chi connectivity index (χ2n) is 3.70. The molecule has 1 aromatic heterocycles. The third-order valence-electron chi connectivity index (χ3n) is 2.27. The molecule has 0 saturated heterocycles. The second kappa shape index (κ2) is 6.69. The molecule has 2 aromatic rings. The third-order valence-corrected chi connectivity index (χ3v) is 3.70. The minimum atomic E-state index is -0.405. The highest BCUT2D eigenvalue weighted by Gasteiger charge is 2.10. The molecule has 0 saturated carbocycles. The summed E-state index contributed by atoms with van der Waals surface area (Å²) in [6, 6.07) is 4.49. The third kappa shape index (κ3) is 3.93. The lowest BCUT2D eigenvalue weighted by Gasteiger charge is -2.06. The Morgan fingerprint density at radius 2 is 2.05 bits per heavy atom. The lowest BCUT2D eigenvalue weighted by Crippen LogP contribution is -2.32. The fourth-order valence-electron chi connectivity index (χ4n) is 1.35. The maximum absolute atomic E-state index is 11.8. The summed E-state index contributed by atoms with van der Waals surface area (Å²) in [4.78, 5) is 27.3. The average Bonchev–Trinajstić information content (AvgIpc) is 2.92. The van der Waals surface area contributed by atoms with Gasteiger partial charge in [-0.25, -0.2) is 4.98 Å². The van der Waals surface area contributed by atoms with E-state index in [1.54, 1.807) is 11.6 Å². The summed E-state index contributed by atoms with van der Waals surface area (Å²) in [5, 5.41) is 7.91. The van der Waals surface area contributed by atoms with Crippen molar-refractivity contribution in [3.8, 4) is 0 Å². The average molecular weight is 330 g/mol. The summed E-state index contributed by atoms with van der Waals surface area (Å²) in [6.45, 7) is -0.154. The molecule has 0 atom stereocenters. The summed E-state index contributed by atoms with van der Waals surface area (Å²) >= 11 is 12.9. The number of carbonyl (C=O) groups excluding carboxylic acids is 2. The normalized spacial score (nSPS) is 10.1. The molecule has 0 aliphatic carbocycles. The van der Waals surface area contributed by atoms with Crippen molar-refractivity contribution in [2.75, 3.05) is 11.9 Å². The number of halogens is 2. The van der Waals surface area contributed by atoms with E-state index in [0.717, 1.165) is 0 Å². The van der Waals surface area contributed by atoms with E-state index >= 15 is 0 Å². The monoisotopic (exact) mass is 329 g/mol. The van der Waals surface area contributed by atoms with Crippen LogP contribution in [0.15, 0.2) is 29.8 Å². The number of anilines is 1. The first-order chi connectivity index (χ1) is 9.56. The molecule has 2 N–H and O–H groups in total. The number of nitrogens with zero attached hydrogens (tertiary/aromatic N) is 1. The maximum Gasteiger partial charge on any atom is 0.251 e.